The van der Waals surface area contributed by atoms with Crippen molar-refractivity contribution in [2.75, 3.05) is 12.4 Å². The van der Waals surface area contributed by atoms with Gasteiger partial charge in [-0.15, -0.1) is 0 Å². The van der Waals surface area contributed by atoms with Crippen LogP contribution in [0.5, 0.6) is 5.75 Å². The molecule has 3 N–H and O–H groups in total. The first-order chi connectivity index (χ1) is 14.7. The maximum absolute atomic E-state index is 12.0. The van der Waals surface area contributed by atoms with Crippen LogP contribution in [0.15, 0.2) is 70.7 Å². The average molecular weight is 422 g/mol. The van der Waals surface area contributed by atoms with Crippen LogP contribution in [0.25, 0.3) is 5.69 Å². The van der Waals surface area contributed by atoms with Gasteiger partial charge in [0.25, 0.3) is 5.91 Å². The fraction of sp³-hybridized carbons (Fsp3) is 0.292. The molecule has 0 radical (unpaired) electrons. The van der Waals surface area contributed by atoms with E-state index in [0.29, 0.717) is 11.6 Å². The summed E-state index contributed by atoms with van der Waals surface area (Å²) in [4.78, 5) is 13.0. The lowest BCUT2D eigenvalue weighted by atomic mass is 9.95. The minimum absolute atomic E-state index is 0.388. The number of benzene rings is 2. The van der Waals surface area contributed by atoms with Crippen molar-refractivity contribution in [3.05, 3.63) is 66.4 Å². The SMILES string of the molecule is COc1ccccc1Sc1cccn1-c1ccc(C(N)=O)c(NC2CCCCC2)c1. The van der Waals surface area contributed by atoms with Crippen molar-refractivity contribution in [2.24, 2.45) is 5.73 Å². The van der Waals surface area contributed by atoms with E-state index in [9.17, 15) is 4.79 Å². The number of aromatic nitrogens is 1. The number of carbonyl (C=O) groups is 1. The molecule has 0 aliphatic heterocycles. The molecule has 0 spiro atoms. The number of hydrogen-bond acceptors (Lipinski definition) is 4. The zero-order chi connectivity index (χ0) is 20.9. The number of hydrogen-bond donors (Lipinski definition) is 2. The van der Waals surface area contributed by atoms with Gasteiger partial charge in [0, 0.05) is 23.6 Å². The van der Waals surface area contributed by atoms with E-state index in [1.165, 1.54) is 19.3 Å². The topological polar surface area (TPSA) is 69.3 Å². The van der Waals surface area contributed by atoms with E-state index in [1.807, 2.05) is 54.7 Å². The summed E-state index contributed by atoms with van der Waals surface area (Å²) in [5.74, 6) is 0.440. The zero-order valence-electron chi connectivity index (χ0n) is 17.1. The molecule has 3 aromatic rings. The molecule has 1 saturated carbocycles. The number of nitrogens with one attached hydrogen (secondary N) is 1. The van der Waals surface area contributed by atoms with Gasteiger partial charge in [0.15, 0.2) is 0 Å². The predicted octanol–water partition coefficient (Wildman–Crippen LogP) is 5.48. The second kappa shape index (κ2) is 9.30. The minimum atomic E-state index is -0.406. The Balaban J connectivity index is 1.65. The molecule has 2 aromatic carbocycles. The fourth-order valence-corrected chi connectivity index (χ4v) is 5.00. The van der Waals surface area contributed by atoms with Crippen LogP contribution in [-0.2, 0) is 0 Å². The quantitative estimate of drug-likeness (QED) is 0.530. The summed E-state index contributed by atoms with van der Waals surface area (Å²) in [6, 6.07) is 18.3. The summed E-state index contributed by atoms with van der Waals surface area (Å²) >= 11 is 1.64. The highest BCUT2D eigenvalue weighted by atomic mass is 32.2. The molecule has 1 heterocycles. The monoisotopic (exact) mass is 421 g/mol. The van der Waals surface area contributed by atoms with E-state index in [1.54, 1.807) is 18.9 Å². The third-order valence-electron chi connectivity index (χ3n) is 5.51. The molecule has 0 saturated heterocycles. The largest absolute Gasteiger partial charge is 0.496 e. The van der Waals surface area contributed by atoms with Gasteiger partial charge < -0.3 is 20.4 Å². The van der Waals surface area contributed by atoms with E-state index in [0.717, 1.165) is 39.9 Å². The van der Waals surface area contributed by atoms with Crippen molar-refractivity contribution in [1.82, 2.24) is 4.57 Å². The number of nitrogens with zero attached hydrogens (tertiary/aromatic N) is 1. The second-order valence-corrected chi connectivity index (χ2v) is 8.60. The Bertz CT molecular complexity index is 1020. The normalized spacial score (nSPS) is 14.4. The van der Waals surface area contributed by atoms with E-state index >= 15 is 0 Å². The summed E-state index contributed by atoms with van der Waals surface area (Å²) < 4.78 is 7.61. The van der Waals surface area contributed by atoms with Gasteiger partial charge in [-0.1, -0.05) is 43.2 Å². The molecule has 5 nitrogen and oxygen atoms in total. The second-order valence-electron chi connectivity index (χ2n) is 7.54. The lowest BCUT2D eigenvalue weighted by Gasteiger charge is -2.25. The highest BCUT2D eigenvalue weighted by Crippen LogP contribution is 2.36. The Labute approximate surface area is 181 Å². The summed E-state index contributed by atoms with van der Waals surface area (Å²) in [5, 5.41) is 4.64. The highest BCUT2D eigenvalue weighted by molar-refractivity contribution is 7.99. The number of anilines is 1. The van der Waals surface area contributed by atoms with Crippen LogP contribution in [0.4, 0.5) is 5.69 Å². The zero-order valence-corrected chi connectivity index (χ0v) is 18.0. The third-order valence-corrected chi connectivity index (χ3v) is 6.61. The Morgan fingerprint density at radius 3 is 2.67 bits per heavy atom. The summed E-state index contributed by atoms with van der Waals surface area (Å²) in [5.41, 5.74) is 7.99. The van der Waals surface area contributed by atoms with E-state index in [4.69, 9.17) is 10.5 Å². The van der Waals surface area contributed by atoms with Crippen molar-refractivity contribution < 1.29 is 9.53 Å². The number of para-hydroxylation sites is 1. The van der Waals surface area contributed by atoms with Gasteiger partial charge in [0.1, 0.15) is 5.75 Å². The van der Waals surface area contributed by atoms with E-state index < -0.39 is 5.91 Å². The molecule has 30 heavy (non-hydrogen) atoms. The molecule has 6 heteroatoms. The Hall–Kier alpha value is -2.86. The molecular formula is C24H27N3O2S. The molecule has 1 amide bonds. The van der Waals surface area contributed by atoms with Crippen LogP contribution >= 0.6 is 11.8 Å². The summed E-state index contributed by atoms with van der Waals surface area (Å²) in [7, 11) is 1.68. The first kappa shape index (κ1) is 20.4. The van der Waals surface area contributed by atoms with Gasteiger partial charge >= 0.3 is 0 Å². The van der Waals surface area contributed by atoms with Crippen molar-refractivity contribution in [3.8, 4) is 11.4 Å². The van der Waals surface area contributed by atoms with Gasteiger partial charge in [-0.2, -0.15) is 0 Å². The Morgan fingerprint density at radius 2 is 1.90 bits per heavy atom. The van der Waals surface area contributed by atoms with Gasteiger partial charge in [-0.25, -0.2) is 0 Å². The smallest absolute Gasteiger partial charge is 0.250 e. The standard InChI is InChI=1S/C24H27N3O2S/c1-29-21-10-5-6-11-22(21)30-23-12-7-15-27(23)18-13-14-19(24(25)28)20(16-18)26-17-8-3-2-4-9-17/h5-7,10-17,26H,2-4,8-9H2,1H3,(H2,25,28). The number of primary amides is 1. The maximum atomic E-state index is 12.0. The maximum Gasteiger partial charge on any atom is 0.250 e. The van der Waals surface area contributed by atoms with E-state index in [-0.39, 0.29) is 0 Å². The Kier molecular flexibility index (Phi) is 6.33. The third kappa shape index (κ3) is 4.49. The average Bonchev–Trinajstić information content (AvgIpc) is 3.23. The molecule has 1 aliphatic rings. The van der Waals surface area contributed by atoms with Crippen molar-refractivity contribution >= 4 is 23.4 Å². The molecule has 0 unspecified atom stereocenters. The fourth-order valence-electron chi connectivity index (χ4n) is 3.96. The molecule has 0 atom stereocenters. The van der Waals surface area contributed by atoms with Gasteiger partial charge in [0.05, 0.1) is 22.6 Å². The van der Waals surface area contributed by atoms with Crippen molar-refractivity contribution in [1.29, 1.82) is 0 Å². The molecule has 4 rings (SSSR count). The molecular weight excluding hydrogens is 394 g/mol. The summed E-state index contributed by atoms with van der Waals surface area (Å²) in [6.45, 7) is 0. The first-order valence-electron chi connectivity index (χ1n) is 10.3. The number of amides is 1. The van der Waals surface area contributed by atoms with Gasteiger partial charge in [0.2, 0.25) is 0 Å². The number of methoxy groups -OCH3 is 1. The van der Waals surface area contributed by atoms with Crippen LogP contribution < -0.4 is 15.8 Å². The van der Waals surface area contributed by atoms with Gasteiger partial charge in [-0.3, -0.25) is 4.79 Å². The Morgan fingerprint density at radius 1 is 1.10 bits per heavy atom. The van der Waals surface area contributed by atoms with Crippen LogP contribution in [0.3, 0.4) is 0 Å². The number of ether oxygens (including phenoxy) is 1. The van der Waals surface area contributed by atoms with Crippen LogP contribution in [-0.4, -0.2) is 23.6 Å². The summed E-state index contributed by atoms with van der Waals surface area (Å²) in [6.07, 6.45) is 8.01. The highest BCUT2D eigenvalue weighted by Gasteiger charge is 2.18. The van der Waals surface area contributed by atoms with Gasteiger partial charge in [-0.05, 0) is 55.3 Å². The molecule has 0 bridgehead atoms. The van der Waals surface area contributed by atoms with Crippen LogP contribution in [0.1, 0.15) is 42.5 Å². The molecule has 1 aliphatic carbocycles. The lowest BCUT2D eigenvalue weighted by molar-refractivity contribution is 0.100. The number of nitrogens with two attached hydrogens (primary N) is 1. The predicted molar refractivity (Wildman–Crippen MR) is 122 cm³/mol. The minimum Gasteiger partial charge on any atom is -0.496 e. The molecule has 1 fully saturated rings. The molecule has 156 valence electrons. The van der Waals surface area contributed by atoms with Crippen molar-refractivity contribution in [3.63, 3.8) is 0 Å². The van der Waals surface area contributed by atoms with E-state index in [2.05, 4.69) is 16.0 Å². The number of carbonyl (C=O) groups excluding carboxylic acids is 1. The lowest BCUT2D eigenvalue weighted by Crippen LogP contribution is -2.24. The van der Waals surface area contributed by atoms with Crippen molar-refractivity contribution in [2.45, 2.75) is 48.1 Å². The number of rotatable bonds is 7. The molecule has 1 aromatic heterocycles. The first-order valence-corrected chi connectivity index (χ1v) is 11.2. The van der Waals surface area contributed by atoms with Crippen LogP contribution in [0.2, 0.25) is 0 Å². The van der Waals surface area contributed by atoms with Crippen LogP contribution in [0, 0.1) is 0 Å².